The first kappa shape index (κ1) is 15.9. The molecular formula is C13H21ClFN3O. The molecule has 5 N–H and O–H groups in total. The topological polar surface area (TPSA) is 73.3 Å². The number of halogens is 2. The van der Waals surface area contributed by atoms with Crippen molar-refractivity contribution in [2.75, 3.05) is 36.5 Å². The summed E-state index contributed by atoms with van der Waals surface area (Å²) in [7, 11) is 0. The van der Waals surface area contributed by atoms with Gasteiger partial charge in [0.05, 0.1) is 17.1 Å². The average Bonchev–Trinajstić information content (AvgIpc) is 2.34. The number of nitrogens with one attached hydrogen (secondary N) is 1. The quantitative estimate of drug-likeness (QED) is 0.533. The van der Waals surface area contributed by atoms with E-state index in [1.807, 2.05) is 0 Å². The summed E-state index contributed by atoms with van der Waals surface area (Å²) in [6, 6.07) is 1.45. The van der Waals surface area contributed by atoms with E-state index >= 15 is 0 Å². The van der Waals surface area contributed by atoms with E-state index in [-0.39, 0.29) is 22.1 Å². The predicted molar refractivity (Wildman–Crippen MR) is 79.0 cm³/mol. The zero-order valence-electron chi connectivity index (χ0n) is 11.3. The van der Waals surface area contributed by atoms with Gasteiger partial charge in [0.1, 0.15) is 5.02 Å². The monoisotopic (exact) mass is 289 g/mol. The molecule has 0 aliphatic rings. The summed E-state index contributed by atoms with van der Waals surface area (Å²) in [6.45, 7) is 6.08. The fourth-order valence-electron chi connectivity index (χ4n) is 1.55. The van der Waals surface area contributed by atoms with Gasteiger partial charge in [-0.15, -0.1) is 0 Å². The van der Waals surface area contributed by atoms with Crippen LogP contribution in [0.25, 0.3) is 0 Å². The Morgan fingerprint density at radius 2 is 2.05 bits per heavy atom. The van der Waals surface area contributed by atoms with E-state index in [4.69, 9.17) is 27.8 Å². The highest BCUT2D eigenvalue weighted by Gasteiger charge is 2.13. The highest BCUT2D eigenvalue weighted by Crippen LogP contribution is 2.33. The zero-order valence-corrected chi connectivity index (χ0v) is 12.1. The van der Waals surface area contributed by atoms with E-state index < -0.39 is 5.82 Å². The molecule has 108 valence electrons. The number of rotatable bonds is 7. The van der Waals surface area contributed by atoms with Crippen molar-refractivity contribution >= 4 is 28.7 Å². The van der Waals surface area contributed by atoms with Gasteiger partial charge in [0.25, 0.3) is 0 Å². The standard InChI is InChI=1S/C13H21ClFN3O/c1-8(2)7-19-5-3-4-18-13-10(17)6-9(16)11(14)12(13)15/h6,8,18H,3-5,7,16-17H2,1-2H3. The molecule has 4 nitrogen and oxygen atoms in total. The third-order valence-corrected chi connectivity index (χ3v) is 2.87. The van der Waals surface area contributed by atoms with Gasteiger partial charge >= 0.3 is 0 Å². The molecule has 0 aromatic heterocycles. The summed E-state index contributed by atoms with van der Waals surface area (Å²) in [4.78, 5) is 0. The van der Waals surface area contributed by atoms with Crippen LogP contribution in [0.4, 0.5) is 21.5 Å². The van der Waals surface area contributed by atoms with Crippen LogP contribution in [0.2, 0.25) is 5.02 Å². The minimum atomic E-state index is -0.609. The van der Waals surface area contributed by atoms with Crippen LogP contribution in [0.3, 0.4) is 0 Å². The summed E-state index contributed by atoms with van der Waals surface area (Å²) in [6.07, 6.45) is 0.758. The number of nitrogens with two attached hydrogens (primary N) is 2. The fraction of sp³-hybridized carbons (Fsp3) is 0.538. The van der Waals surface area contributed by atoms with Crippen molar-refractivity contribution in [3.63, 3.8) is 0 Å². The minimum absolute atomic E-state index is 0.104. The summed E-state index contributed by atoms with van der Waals surface area (Å²) < 4.78 is 19.2. The maximum Gasteiger partial charge on any atom is 0.169 e. The fourth-order valence-corrected chi connectivity index (χ4v) is 1.70. The van der Waals surface area contributed by atoms with Crippen LogP contribution in [0, 0.1) is 11.7 Å². The first-order valence-corrected chi connectivity index (χ1v) is 6.65. The van der Waals surface area contributed by atoms with Crippen LogP contribution in [0.15, 0.2) is 6.07 Å². The first-order chi connectivity index (χ1) is 8.93. The molecule has 1 rings (SSSR count). The summed E-state index contributed by atoms with van der Waals surface area (Å²) >= 11 is 5.73. The third-order valence-electron chi connectivity index (χ3n) is 2.48. The Bertz CT molecular complexity index is 427. The Morgan fingerprint density at radius 1 is 1.37 bits per heavy atom. The molecule has 0 aliphatic heterocycles. The molecule has 6 heteroatoms. The number of anilines is 3. The van der Waals surface area contributed by atoms with Gasteiger partial charge in [-0.1, -0.05) is 25.4 Å². The number of hydrogen-bond donors (Lipinski definition) is 3. The second-order valence-electron chi connectivity index (χ2n) is 4.81. The van der Waals surface area contributed by atoms with Crippen LogP contribution in [0.5, 0.6) is 0 Å². The Labute approximate surface area is 118 Å². The summed E-state index contributed by atoms with van der Waals surface area (Å²) in [5.74, 6) is -0.0979. The van der Waals surface area contributed by atoms with Gasteiger partial charge < -0.3 is 21.5 Å². The molecule has 0 fully saturated rings. The zero-order chi connectivity index (χ0) is 14.4. The van der Waals surface area contributed by atoms with Crippen molar-refractivity contribution in [2.45, 2.75) is 20.3 Å². The van der Waals surface area contributed by atoms with Crippen molar-refractivity contribution < 1.29 is 9.13 Å². The van der Waals surface area contributed by atoms with Gasteiger partial charge in [-0.05, 0) is 18.4 Å². The molecule has 0 saturated heterocycles. The molecule has 0 atom stereocenters. The Kier molecular flexibility index (Phi) is 6.18. The van der Waals surface area contributed by atoms with Crippen LogP contribution in [0.1, 0.15) is 20.3 Å². The van der Waals surface area contributed by atoms with E-state index in [0.717, 1.165) is 13.0 Å². The van der Waals surface area contributed by atoms with Gasteiger partial charge in [0.2, 0.25) is 0 Å². The van der Waals surface area contributed by atoms with E-state index in [1.165, 1.54) is 6.07 Å². The van der Waals surface area contributed by atoms with Crippen molar-refractivity contribution in [1.29, 1.82) is 0 Å². The Hall–Kier alpha value is -1.20. The van der Waals surface area contributed by atoms with Gasteiger partial charge in [0.15, 0.2) is 5.82 Å². The number of benzene rings is 1. The van der Waals surface area contributed by atoms with Gasteiger partial charge in [0, 0.05) is 19.8 Å². The highest BCUT2D eigenvalue weighted by atomic mass is 35.5. The van der Waals surface area contributed by atoms with Crippen LogP contribution in [-0.4, -0.2) is 19.8 Å². The second-order valence-corrected chi connectivity index (χ2v) is 5.19. The van der Waals surface area contributed by atoms with Crippen molar-refractivity contribution in [3.8, 4) is 0 Å². The molecule has 0 aliphatic carbocycles. The lowest BCUT2D eigenvalue weighted by Gasteiger charge is -2.13. The summed E-state index contributed by atoms with van der Waals surface area (Å²) in [5, 5.41) is 2.81. The molecule has 0 radical (unpaired) electrons. The minimum Gasteiger partial charge on any atom is -0.397 e. The van der Waals surface area contributed by atoms with Crippen molar-refractivity contribution in [3.05, 3.63) is 16.9 Å². The molecule has 0 unspecified atom stereocenters. The lowest BCUT2D eigenvalue weighted by atomic mass is 10.2. The third kappa shape index (κ3) is 4.76. The molecule has 0 amide bonds. The lowest BCUT2D eigenvalue weighted by molar-refractivity contribution is 0.110. The highest BCUT2D eigenvalue weighted by molar-refractivity contribution is 6.33. The molecular weight excluding hydrogens is 269 g/mol. The average molecular weight is 290 g/mol. The molecule has 0 heterocycles. The largest absolute Gasteiger partial charge is 0.397 e. The van der Waals surface area contributed by atoms with Gasteiger partial charge in [-0.2, -0.15) is 0 Å². The van der Waals surface area contributed by atoms with Gasteiger partial charge in [-0.25, -0.2) is 4.39 Å². The van der Waals surface area contributed by atoms with Crippen LogP contribution in [-0.2, 0) is 4.74 Å². The first-order valence-electron chi connectivity index (χ1n) is 6.28. The Morgan fingerprint density at radius 3 is 2.68 bits per heavy atom. The summed E-state index contributed by atoms with van der Waals surface area (Å²) in [5.41, 5.74) is 11.8. The van der Waals surface area contributed by atoms with Crippen LogP contribution >= 0.6 is 11.6 Å². The maximum atomic E-state index is 13.8. The molecule has 0 saturated carbocycles. The smallest absolute Gasteiger partial charge is 0.169 e. The molecule has 19 heavy (non-hydrogen) atoms. The SMILES string of the molecule is CC(C)COCCCNc1c(N)cc(N)c(Cl)c1F. The number of ether oxygens (including phenoxy) is 1. The second kappa shape index (κ2) is 7.40. The van der Waals surface area contributed by atoms with Crippen molar-refractivity contribution in [1.82, 2.24) is 0 Å². The predicted octanol–water partition coefficient (Wildman–Crippen LogP) is 3.12. The molecule has 0 spiro atoms. The lowest BCUT2D eigenvalue weighted by Crippen LogP contribution is -2.11. The van der Waals surface area contributed by atoms with Gasteiger partial charge in [-0.3, -0.25) is 0 Å². The molecule has 0 bridgehead atoms. The van der Waals surface area contributed by atoms with E-state index in [1.54, 1.807) is 0 Å². The van der Waals surface area contributed by atoms with E-state index in [0.29, 0.717) is 19.1 Å². The van der Waals surface area contributed by atoms with E-state index in [2.05, 4.69) is 19.2 Å². The Balaban J connectivity index is 2.44. The normalized spacial score (nSPS) is 11.0. The van der Waals surface area contributed by atoms with Crippen LogP contribution < -0.4 is 16.8 Å². The molecule has 1 aromatic rings. The maximum absolute atomic E-state index is 13.8. The molecule has 1 aromatic carbocycles. The number of hydrogen-bond acceptors (Lipinski definition) is 4. The van der Waals surface area contributed by atoms with E-state index in [9.17, 15) is 4.39 Å². The van der Waals surface area contributed by atoms with Crippen molar-refractivity contribution in [2.24, 2.45) is 5.92 Å². The number of nitrogen functional groups attached to an aromatic ring is 2.